The van der Waals surface area contributed by atoms with E-state index in [1.807, 2.05) is 0 Å². The van der Waals surface area contributed by atoms with E-state index >= 15 is 0 Å². The third kappa shape index (κ3) is 2.82. The highest BCUT2D eigenvalue weighted by Crippen LogP contribution is 2.25. The van der Waals surface area contributed by atoms with Crippen LogP contribution in [0.2, 0.25) is 0 Å². The molecule has 15 heavy (non-hydrogen) atoms. The lowest BCUT2D eigenvalue weighted by atomic mass is 10.2. The van der Waals surface area contributed by atoms with Crippen molar-refractivity contribution < 1.29 is 4.74 Å². The first kappa shape index (κ1) is 10.7. The van der Waals surface area contributed by atoms with Gasteiger partial charge in [-0.1, -0.05) is 0 Å². The highest BCUT2D eigenvalue weighted by atomic mass is 79.9. The van der Waals surface area contributed by atoms with Gasteiger partial charge < -0.3 is 15.8 Å². The van der Waals surface area contributed by atoms with Crippen molar-refractivity contribution in [3.05, 3.63) is 16.7 Å². The lowest BCUT2D eigenvalue weighted by Gasteiger charge is -2.13. The fraction of sp³-hybridized carbons (Fsp3) is 0.500. The molecule has 1 fully saturated rings. The summed E-state index contributed by atoms with van der Waals surface area (Å²) in [5, 5.41) is 3.37. The van der Waals surface area contributed by atoms with Crippen molar-refractivity contribution in [3.63, 3.8) is 0 Å². The van der Waals surface area contributed by atoms with Crippen LogP contribution >= 0.6 is 15.9 Å². The topological polar surface area (TPSA) is 60.2 Å². The maximum absolute atomic E-state index is 5.67. The molecule has 2 heterocycles. The summed E-state index contributed by atoms with van der Waals surface area (Å²) in [7, 11) is 0. The number of hydrogen-bond donors (Lipinski definition) is 2. The summed E-state index contributed by atoms with van der Waals surface area (Å²) >= 11 is 3.38. The molecule has 0 spiro atoms. The van der Waals surface area contributed by atoms with Crippen LogP contribution in [0.1, 0.15) is 12.8 Å². The molecule has 0 amide bonds. The van der Waals surface area contributed by atoms with E-state index in [2.05, 4.69) is 26.2 Å². The van der Waals surface area contributed by atoms with Gasteiger partial charge >= 0.3 is 0 Å². The Morgan fingerprint density at radius 2 is 2.53 bits per heavy atom. The molecule has 5 heteroatoms. The summed E-state index contributed by atoms with van der Waals surface area (Å²) < 4.78 is 6.51. The average Bonchev–Trinajstić information content (AvgIpc) is 2.72. The highest BCUT2D eigenvalue weighted by Gasteiger charge is 2.15. The minimum atomic E-state index is 0.464. The Labute approximate surface area is 97.3 Å². The van der Waals surface area contributed by atoms with Crippen molar-refractivity contribution in [2.75, 3.05) is 18.9 Å². The summed E-state index contributed by atoms with van der Waals surface area (Å²) in [5.74, 6) is 1.24. The van der Waals surface area contributed by atoms with Gasteiger partial charge in [0, 0.05) is 18.3 Å². The van der Waals surface area contributed by atoms with Crippen LogP contribution in [-0.4, -0.2) is 24.2 Å². The van der Waals surface area contributed by atoms with Gasteiger partial charge in [0.1, 0.15) is 18.2 Å². The molecular weight excluding hydrogens is 258 g/mol. The number of nitrogens with two attached hydrogens (primary N) is 1. The fourth-order valence-corrected chi connectivity index (χ4v) is 1.97. The minimum absolute atomic E-state index is 0.464. The Bertz CT molecular complexity index is 339. The van der Waals surface area contributed by atoms with Crippen LogP contribution in [0.3, 0.4) is 0 Å². The van der Waals surface area contributed by atoms with Crippen molar-refractivity contribution in [2.45, 2.75) is 18.9 Å². The van der Waals surface area contributed by atoms with Crippen molar-refractivity contribution in [3.8, 4) is 5.75 Å². The van der Waals surface area contributed by atoms with E-state index in [0.717, 1.165) is 16.8 Å². The number of anilines is 1. The van der Waals surface area contributed by atoms with Crippen LogP contribution in [0.5, 0.6) is 5.75 Å². The summed E-state index contributed by atoms with van der Waals surface area (Å²) in [4.78, 5) is 3.95. The smallest absolute Gasteiger partial charge is 0.138 e. The van der Waals surface area contributed by atoms with Crippen LogP contribution in [0, 0.1) is 0 Å². The van der Waals surface area contributed by atoms with Crippen LogP contribution in [-0.2, 0) is 0 Å². The van der Waals surface area contributed by atoms with Crippen LogP contribution in [0.4, 0.5) is 5.82 Å². The van der Waals surface area contributed by atoms with Crippen molar-refractivity contribution in [1.82, 2.24) is 10.3 Å². The largest absolute Gasteiger partial charge is 0.491 e. The third-order valence-electron chi connectivity index (χ3n) is 2.44. The average molecular weight is 272 g/mol. The normalized spacial score (nSPS) is 20.5. The number of aromatic nitrogens is 1. The van der Waals surface area contributed by atoms with Crippen molar-refractivity contribution in [2.24, 2.45) is 0 Å². The second-order valence-electron chi connectivity index (χ2n) is 3.64. The molecule has 4 nitrogen and oxygen atoms in total. The maximum Gasteiger partial charge on any atom is 0.138 e. The second kappa shape index (κ2) is 4.81. The molecule has 0 unspecified atom stereocenters. The quantitative estimate of drug-likeness (QED) is 0.876. The van der Waals surface area contributed by atoms with Crippen molar-refractivity contribution in [1.29, 1.82) is 0 Å². The number of pyridine rings is 1. The van der Waals surface area contributed by atoms with Crippen LogP contribution < -0.4 is 15.8 Å². The Kier molecular flexibility index (Phi) is 3.43. The SMILES string of the molecule is Nc1cc(OC[C@@H]2CCCN2)c(Br)cn1. The molecule has 1 aliphatic rings. The lowest BCUT2D eigenvalue weighted by Crippen LogP contribution is -2.28. The van der Waals surface area contributed by atoms with E-state index in [-0.39, 0.29) is 0 Å². The van der Waals surface area contributed by atoms with Gasteiger partial charge in [-0.05, 0) is 35.3 Å². The number of hydrogen-bond acceptors (Lipinski definition) is 4. The van der Waals surface area contributed by atoms with Gasteiger partial charge in [0.15, 0.2) is 0 Å². The number of rotatable bonds is 3. The zero-order valence-corrected chi connectivity index (χ0v) is 9.96. The molecule has 0 radical (unpaired) electrons. The van der Waals surface area contributed by atoms with E-state index in [1.165, 1.54) is 12.8 Å². The molecule has 0 aliphatic carbocycles. The summed E-state index contributed by atoms with van der Waals surface area (Å²) in [5.41, 5.74) is 5.58. The zero-order valence-electron chi connectivity index (χ0n) is 8.37. The number of nitrogen functional groups attached to an aromatic ring is 1. The molecule has 1 aliphatic heterocycles. The van der Waals surface area contributed by atoms with Gasteiger partial charge in [0.05, 0.1) is 4.47 Å². The lowest BCUT2D eigenvalue weighted by molar-refractivity contribution is 0.275. The van der Waals surface area contributed by atoms with E-state index in [4.69, 9.17) is 10.5 Å². The molecule has 0 saturated carbocycles. The molecule has 3 N–H and O–H groups in total. The van der Waals surface area contributed by atoms with Crippen LogP contribution in [0.25, 0.3) is 0 Å². The molecule has 1 aromatic rings. The Morgan fingerprint density at radius 3 is 3.27 bits per heavy atom. The van der Waals surface area contributed by atoms with Gasteiger partial charge in [-0.3, -0.25) is 0 Å². The summed E-state index contributed by atoms with van der Waals surface area (Å²) in [6, 6.07) is 2.20. The first-order valence-electron chi connectivity index (χ1n) is 5.03. The van der Waals surface area contributed by atoms with Gasteiger partial charge in [0.25, 0.3) is 0 Å². The molecule has 0 bridgehead atoms. The van der Waals surface area contributed by atoms with E-state index in [9.17, 15) is 0 Å². The van der Waals surface area contributed by atoms with E-state index in [0.29, 0.717) is 18.5 Å². The predicted molar refractivity (Wildman–Crippen MR) is 62.9 cm³/mol. The predicted octanol–water partition coefficient (Wildman–Crippen LogP) is 1.56. The van der Waals surface area contributed by atoms with Crippen molar-refractivity contribution >= 4 is 21.7 Å². The molecular formula is C10H14BrN3O. The molecule has 1 atom stereocenters. The van der Waals surface area contributed by atoms with Gasteiger partial charge in [-0.2, -0.15) is 0 Å². The second-order valence-corrected chi connectivity index (χ2v) is 4.50. The van der Waals surface area contributed by atoms with Gasteiger partial charge in [0.2, 0.25) is 0 Å². The number of nitrogens with one attached hydrogen (secondary N) is 1. The Balaban J connectivity index is 1.94. The third-order valence-corrected chi connectivity index (χ3v) is 3.04. The van der Waals surface area contributed by atoms with Crippen LogP contribution in [0.15, 0.2) is 16.7 Å². The zero-order chi connectivity index (χ0) is 10.7. The number of ether oxygens (including phenoxy) is 1. The molecule has 1 aromatic heterocycles. The Morgan fingerprint density at radius 1 is 1.67 bits per heavy atom. The molecule has 82 valence electrons. The maximum atomic E-state index is 5.67. The summed E-state index contributed by atoms with van der Waals surface area (Å²) in [6.07, 6.45) is 4.07. The van der Waals surface area contributed by atoms with Gasteiger partial charge in [-0.25, -0.2) is 4.98 Å². The summed E-state index contributed by atoms with van der Waals surface area (Å²) in [6.45, 7) is 1.77. The first-order valence-corrected chi connectivity index (χ1v) is 5.82. The fourth-order valence-electron chi connectivity index (χ4n) is 1.64. The Hall–Kier alpha value is -0.810. The number of halogens is 1. The van der Waals surface area contributed by atoms with Gasteiger partial charge in [-0.15, -0.1) is 0 Å². The molecule has 1 saturated heterocycles. The van der Waals surface area contributed by atoms with E-state index < -0.39 is 0 Å². The molecule has 2 rings (SSSR count). The minimum Gasteiger partial charge on any atom is -0.491 e. The number of nitrogens with zero attached hydrogens (tertiary/aromatic N) is 1. The first-order chi connectivity index (χ1) is 7.25. The highest BCUT2D eigenvalue weighted by molar-refractivity contribution is 9.10. The van der Waals surface area contributed by atoms with E-state index in [1.54, 1.807) is 12.3 Å². The molecule has 0 aromatic carbocycles. The standard InChI is InChI=1S/C10H14BrN3O/c11-8-5-14-10(12)4-9(8)15-6-7-2-1-3-13-7/h4-5,7,13H,1-3,6H2,(H2,12,14)/t7-/m0/s1. The monoisotopic (exact) mass is 271 g/mol.